The van der Waals surface area contributed by atoms with Gasteiger partial charge in [-0.3, -0.25) is 9.59 Å². The van der Waals surface area contributed by atoms with Gasteiger partial charge < -0.3 is 10.4 Å². The average molecular weight is 311 g/mol. The molecule has 1 aromatic rings. The van der Waals surface area contributed by atoms with Gasteiger partial charge in [-0.15, -0.1) is 11.8 Å². The molecular weight excluding hydrogens is 293 g/mol. The number of thioether (sulfide) groups is 1. The van der Waals surface area contributed by atoms with Crippen molar-refractivity contribution in [3.05, 3.63) is 29.6 Å². The molecule has 2 unspecified atom stereocenters. The molecule has 0 spiro atoms. The van der Waals surface area contributed by atoms with E-state index in [2.05, 4.69) is 5.32 Å². The Morgan fingerprint density at radius 3 is 2.95 bits per heavy atom. The lowest BCUT2D eigenvalue weighted by molar-refractivity contribution is -0.138. The zero-order valence-corrected chi connectivity index (χ0v) is 12.6. The first kappa shape index (κ1) is 15.8. The summed E-state index contributed by atoms with van der Waals surface area (Å²) in [6, 6.07) is 4.43. The molecule has 1 aliphatic heterocycles. The maximum Gasteiger partial charge on any atom is 0.303 e. The van der Waals surface area contributed by atoms with Gasteiger partial charge in [0.25, 0.3) is 0 Å². The van der Waals surface area contributed by atoms with Crippen LogP contribution in [0.15, 0.2) is 23.1 Å². The number of carbonyl (C=O) groups excluding carboxylic acids is 1. The molecule has 1 heterocycles. The van der Waals surface area contributed by atoms with Crippen LogP contribution in [0, 0.1) is 11.7 Å². The first-order valence-corrected chi connectivity index (χ1v) is 7.87. The summed E-state index contributed by atoms with van der Waals surface area (Å²) in [7, 11) is 0. The summed E-state index contributed by atoms with van der Waals surface area (Å²) >= 11 is 1.65. The van der Waals surface area contributed by atoms with Crippen molar-refractivity contribution < 1.29 is 19.1 Å². The highest BCUT2D eigenvalue weighted by molar-refractivity contribution is 7.99. The lowest BCUT2D eigenvalue weighted by Gasteiger charge is -2.26. The number of hydrogen-bond donors (Lipinski definition) is 2. The average Bonchev–Trinajstić information content (AvgIpc) is 2.38. The molecule has 0 fully saturated rings. The van der Waals surface area contributed by atoms with Crippen LogP contribution in [0.3, 0.4) is 0 Å². The van der Waals surface area contributed by atoms with E-state index < -0.39 is 5.97 Å². The minimum atomic E-state index is -0.906. The van der Waals surface area contributed by atoms with Crippen molar-refractivity contribution in [1.82, 2.24) is 5.32 Å². The summed E-state index contributed by atoms with van der Waals surface area (Å²) in [4.78, 5) is 23.6. The largest absolute Gasteiger partial charge is 0.481 e. The summed E-state index contributed by atoms with van der Waals surface area (Å²) in [5, 5.41) is 11.6. The highest BCUT2D eigenvalue weighted by Gasteiger charge is 2.23. The molecule has 0 saturated carbocycles. The maximum absolute atomic E-state index is 13.4. The van der Waals surface area contributed by atoms with E-state index in [4.69, 9.17) is 5.11 Å². The first-order valence-electron chi connectivity index (χ1n) is 6.89. The van der Waals surface area contributed by atoms with Gasteiger partial charge in [-0.2, -0.15) is 0 Å². The second-order valence-corrected chi connectivity index (χ2v) is 6.48. The van der Waals surface area contributed by atoms with Gasteiger partial charge in [-0.25, -0.2) is 4.39 Å². The zero-order valence-electron chi connectivity index (χ0n) is 11.8. The Kier molecular flexibility index (Phi) is 5.22. The monoisotopic (exact) mass is 311 g/mol. The number of amides is 1. The molecule has 6 heteroatoms. The van der Waals surface area contributed by atoms with Gasteiger partial charge in [0.05, 0.1) is 6.04 Å². The van der Waals surface area contributed by atoms with E-state index in [9.17, 15) is 14.0 Å². The first-order chi connectivity index (χ1) is 9.95. The summed E-state index contributed by atoms with van der Waals surface area (Å²) in [6.07, 6.45) is 0.889. The minimum Gasteiger partial charge on any atom is -0.481 e. The smallest absolute Gasteiger partial charge is 0.303 e. The number of aliphatic carboxylic acids is 1. The van der Waals surface area contributed by atoms with Crippen molar-refractivity contribution in [2.24, 2.45) is 5.92 Å². The van der Waals surface area contributed by atoms with E-state index in [1.807, 2.05) is 0 Å². The van der Waals surface area contributed by atoms with Crippen molar-refractivity contribution in [1.29, 1.82) is 0 Å². The number of fused-ring (bicyclic) bond motifs is 1. The number of benzene rings is 1. The third-order valence-corrected chi connectivity index (χ3v) is 4.53. The Morgan fingerprint density at radius 1 is 1.48 bits per heavy atom. The van der Waals surface area contributed by atoms with E-state index in [1.165, 1.54) is 12.1 Å². The minimum absolute atomic E-state index is 0.0286. The van der Waals surface area contributed by atoms with Crippen molar-refractivity contribution >= 4 is 23.6 Å². The number of carbonyl (C=O) groups is 2. The van der Waals surface area contributed by atoms with Gasteiger partial charge in [0.1, 0.15) is 5.82 Å². The predicted octanol–water partition coefficient (Wildman–Crippen LogP) is 2.98. The van der Waals surface area contributed by atoms with Crippen molar-refractivity contribution in [3.8, 4) is 0 Å². The van der Waals surface area contributed by atoms with Crippen LogP contribution in [-0.4, -0.2) is 22.7 Å². The van der Waals surface area contributed by atoms with E-state index in [-0.39, 0.29) is 36.5 Å². The highest BCUT2D eigenvalue weighted by Crippen LogP contribution is 2.36. The number of hydrogen-bond acceptors (Lipinski definition) is 3. The topological polar surface area (TPSA) is 66.4 Å². The van der Waals surface area contributed by atoms with Crippen LogP contribution < -0.4 is 5.32 Å². The predicted molar refractivity (Wildman–Crippen MR) is 78.7 cm³/mol. The Morgan fingerprint density at radius 2 is 2.24 bits per heavy atom. The summed E-state index contributed by atoms with van der Waals surface area (Å²) in [6.45, 7) is 1.73. The second kappa shape index (κ2) is 6.93. The lowest BCUT2D eigenvalue weighted by atomic mass is 10.0. The molecule has 2 N–H and O–H groups in total. The van der Waals surface area contributed by atoms with Gasteiger partial charge in [0.15, 0.2) is 0 Å². The molecule has 114 valence electrons. The molecule has 21 heavy (non-hydrogen) atoms. The van der Waals surface area contributed by atoms with E-state index in [0.717, 1.165) is 22.6 Å². The molecule has 0 aliphatic carbocycles. The van der Waals surface area contributed by atoms with Crippen LogP contribution in [0.4, 0.5) is 4.39 Å². The van der Waals surface area contributed by atoms with Crippen molar-refractivity contribution in [2.75, 3.05) is 5.75 Å². The Bertz CT molecular complexity index is 550. The summed E-state index contributed by atoms with van der Waals surface area (Å²) in [5.41, 5.74) is 0.811. The standard InChI is InChI=1S/C15H18FNO3S/c1-9(7-15(19)20)6-14(18)17-12-4-5-21-13-3-2-10(16)8-11(12)13/h2-3,8-9,12H,4-7H2,1H3,(H,17,18)(H,19,20). The van der Waals surface area contributed by atoms with Gasteiger partial charge in [0, 0.05) is 23.5 Å². The molecule has 4 nitrogen and oxygen atoms in total. The molecule has 0 saturated heterocycles. The number of nitrogens with one attached hydrogen (secondary N) is 1. The fraction of sp³-hybridized carbons (Fsp3) is 0.467. The van der Waals surface area contributed by atoms with Crippen molar-refractivity contribution in [3.63, 3.8) is 0 Å². The molecule has 0 aromatic heterocycles. The molecule has 1 aliphatic rings. The third-order valence-electron chi connectivity index (χ3n) is 3.40. The summed E-state index contributed by atoms with van der Waals surface area (Å²) in [5.74, 6) is -0.747. The molecule has 1 amide bonds. The Balaban J connectivity index is 1.99. The maximum atomic E-state index is 13.4. The third kappa shape index (κ3) is 4.46. The van der Waals surface area contributed by atoms with Crippen molar-refractivity contribution in [2.45, 2.75) is 37.1 Å². The van der Waals surface area contributed by atoms with Crippen LogP contribution in [0.5, 0.6) is 0 Å². The number of rotatable bonds is 5. The van der Waals surface area contributed by atoms with Gasteiger partial charge in [0.2, 0.25) is 5.91 Å². The van der Waals surface area contributed by atoms with Gasteiger partial charge in [-0.1, -0.05) is 6.92 Å². The number of halogens is 1. The lowest BCUT2D eigenvalue weighted by Crippen LogP contribution is -2.31. The Hall–Kier alpha value is -1.56. The molecule has 0 bridgehead atoms. The number of carboxylic acids is 1. The zero-order chi connectivity index (χ0) is 15.4. The number of carboxylic acid groups (broad SMARTS) is 1. The van der Waals surface area contributed by atoms with Gasteiger partial charge >= 0.3 is 5.97 Å². The van der Waals surface area contributed by atoms with Crippen LogP contribution >= 0.6 is 11.8 Å². The van der Waals surface area contributed by atoms with E-state index >= 15 is 0 Å². The van der Waals surface area contributed by atoms with E-state index in [1.54, 1.807) is 24.8 Å². The molecule has 0 radical (unpaired) electrons. The molecule has 2 atom stereocenters. The molecule has 1 aromatic carbocycles. The fourth-order valence-electron chi connectivity index (χ4n) is 2.46. The highest BCUT2D eigenvalue weighted by atomic mass is 32.2. The van der Waals surface area contributed by atoms with Crippen LogP contribution in [0.25, 0.3) is 0 Å². The normalized spacial score (nSPS) is 18.7. The van der Waals surface area contributed by atoms with Crippen LogP contribution in [0.2, 0.25) is 0 Å². The van der Waals surface area contributed by atoms with Crippen LogP contribution in [-0.2, 0) is 9.59 Å². The van der Waals surface area contributed by atoms with E-state index in [0.29, 0.717) is 0 Å². The fourth-order valence-corrected chi connectivity index (χ4v) is 3.56. The van der Waals surface area contributed by atoms with Crippen LogP contribution in [0.1, 0.15) is 37.8 Å². The Labute approximate surface area is 127 Å². The van der Waals surface area contributed by atoms with Gasteiger partial charge in [-0.05, 0) is 36.1 Å². The molecular formula is C15H18FNO3S. The second-order valence-electron chi connectivity index (χ2n) is 5.35. The summed E-state index contributed by atoms with van der Waals surface area (Å²) < 4.78 is 13.4. The quantitative estimate of drug-likeness (QED) is 0.877. The molecule has 2 rings (SSSR count). The SMILES string of the molecule is CC(CC(=O)O)CC(=O)NC1CCSc2ccc(F)cc21.